The Labute approximate surface area is 340 Å². The average molecular weight is 762 g/mol. The molecular weight excluding hydrogens is 727 g/mol. The van der Waals surface area contributed by atoms with Gasteiger partial charge in [-0.2, -0.15) is 0 Å². The molecule has 0 spiro atoms. The van der Waals surface area contributed by atoms with Crippen molar-refractivity contribution in [1.82, 2.24) is 4.98 Å². The molecule has 0 N–H and O–H groups in total. The van der Waals surface area contributed by atoms with Crippen molar-refractivity contribution in [3.63, 3.8) is 0 Å². The van der Waals surface area contributed by atoms with Gasteiger partial charge in [0.2, 0.25) is 5.89 Å². The molecule has 11 rings (SSSR count). The molecule has 4 nitrogen and oxygen atoms in total. The summed E-state index contributed by atoms with van der Waals surface area (Å²) in [4.78, 5) is 10.00. The number of aromatic nitrogens is 1. The zero-order valence-electron chi connectivity index (χ0n) is 31.4. The number of hydrogen-bond acceptors (Lipinski definition) is 5. The molecule has 2 heterocycles. The molecule has 5 heteroatoms. The molecule has 274 valence electrons. The van der Waals surface area contributed by atoms with Crippen molar-refractivity contribution in [1.29, 1.82) is 0 Å². The molecular formula is C53H35N3OS. The van der Waals surface area contributed by atoms with Gasteiger partial charge in [0.25, 0.3) is 0 Å². The van der Waals surface area contributed by atoms with Gasteiger partial charge >= 0.3 is 0 Å². The lowest BCUT2D eigenvalue weighted by molar-refractivity contribution is 0.620. The van der Waals surface area contributed by atoms with Gasteiger partial charge in [-0.05, 0) is 96.1 Å². The molecule has 0 atom stereocenters. The van der Waals surface area contributed by atoms with E-state index in [1.807, 2.05) is 41.7 Å². The van der Waals surface area contributed by atoms with Crippen LogP contribution in [0.3, 0.4) is 0 Å². The van der Waals surface area contributed by atoms with E-state index in [9.17, 15) is 0 Å². The van der Waals surface area contributed by atoms with Crippen LogP contribution >= 0.6 is 11.3 Å². The SMILES string of the molecule is c1ccc(-c2ccc(N(c3ccccc3)c3cc(N(c4ccccc4)c4cccc5c4sc4ccccc45)c4ccc5oc(-c6ccccc6)nc5c4c3)cc2)cc1. The Morgan fingerprint density at radius 2 is 0.966 bits per heavy atom. The van der Waals surface area contributed by atoms with Crippen LogP contribution in [0.25, 0.3) is 64.6 Å². The molecule has 0 fully saturated rings. The monoisotopic (exact) mass is 761 g/mol. The second-order valence-electron chi connectivity index (χ2n) is 14.4. The van der Waals surface area contributed by atoms with Crippen LogP contribution in [-0.2, 0) is 0 Å². The Morgan fingerprint density at radius 3 is 1.69 bits per heavy atom. The van der Waals surface area contributed by atoms with E-state index in [1.54, 1.807) is 0 Å². The molecule has 0 aliphatic rings. The maximum Gasteiger partial charge on any atom is 0.227 e. The van der Waals surface area contributed by atoms with Crippen molar-refractivity contribution in [3.05, 3.63) is 212 Å². The van der Waals surface area contributed by atoms with E-state index in [0.29, 0.717) is 5.89 Å². The number of hydrogen-bond donors (Lipinski definition) is 0. The number of thiophene rings is 1. The van der Waals surface area contributed by atoms with E-state index in [-0.39, 0.29) is 0 Å². The quantitative estimate of drug-likeness (QED) is 0.154. The normalized spacial score (nSPS) is 11.4. The Hall–Kier alpha value is -7.47. The van der Waals surface area contributed by atoms with E-state index in [0.717, 1.165) is 61.6 Å². The first-order valence-electron chi connectivity index (χ1n) is 19.5. The summed E-state index contributed by atoms with van der Waals surface area (Å²) in [5.41, 5.74) is 11.2. The smallest absolute Gasteiger partial charge is 0.227 e. The predicted octanol–water partition coefficient (Wildman–Crippen LogP) is 15.6. The van der Waals surface area contributed by atoms with Crippen LogP contribution in [0.15, 0.2) is 217 Å². The van der Waals surface area contributed by atoms with Crippen LogP contribution in [0.1, 0.15) is 0 Å². The van der Waals surface area contributed by atoms with Crippen LogP contribution in [0, 0.1) is 0 Å². The van der Waals surface area contributed by atoms with Crippen LogP contribution in [0.4, 0.5) is 34.1 Å². The highest BCUT2D eigenvalue weighted by Gasteiger charge is 2.24. The van der Waals surface area contributed by atoms with Gasteiger partial charge in [-0.1, -0.05) is 127 Å². The predicted molar refractivity (Wildman–Crippen MR) is 245 cm³/mol. The Kier molecular flexibility index (Phi) is 8.30. The summed E-state index contributed by atoms with van der Waals surface area (Å²) in [7, 11) is 0. The van der Waals surface area contributed by atoms with E-state index < -0.39 is 0 Å². The lowest BCUT2D eigenvalue weighted by Gasteiger charge is -2.31. The van der Waals surface area contributed by atoms with Crippen molar-refractivity contribution in [2.75, 3.05) is 9.80 Å². The molecule has 2 aromatic heterocycles. The van der Waals surface area contributed by atoms with Gasteiger partial charge < -0.3 is 14.2 Å². The fourth-order valence-corrected chi connectivity index (χ4v) is 9.37. The molecule has 0 radical (unpaired) electrons. The van der Waals surface area contributed by atoms with Crippen molar-refractivity contribution < 1.29 is 4.42 Å². The molecule has 0 bridgehead atoms. The zero-order valence-corrected chi connectivity index (χ0v) is 32.2. The van der Waals surface area contributed by atoms with Crippen LogP contribution in [-0.4, -0.2) is 4.98 Å². The third kappa shape index (κ3) is 5.88. The Bertz CT molecular complexity index is 3210. The molecule has 0 saturated heterocycles. The number of benzene rings is 9. The largest absolute Gasteiger partial charge is 0.436 e. The fraction of sp³-hybridized carbons (Fsp3) is 0. The van der Waals surface area contributed by atoms with Crippen molar-refractivity contribution in [2.24, 2.45) is 0 Å². The number of oxazole rings is 1. The summed E-state index contributed by atoms with van der Waals surface area (Å²) in [6.07, 6.45) is 0. The highest BCUT2D eigenvalue weighted by molar-refractivity contribution is 7.26. The standard InChI is InChI=1S/C53H35N3OS/c1-5-16-36(17-6-1)37-28-30-41(31-29-37)55(39-20-9-3-10-21-39)42-34-46-43(32-33-49-51(46)54-53(57-49)38-18-7-2-8-19-38)48(35-42)56(40-22-11-4-12-23-40)47-26-15-25-45-44-24-13-14-27-50(44)58-52(45)47/h1-35H. The number of nitrogens with zero attached hydrogens (tertiary/aromatic N) is 3. The minimum atomic E-state index is 0.599. The maximum atomic E-state index is 6.51. The second-order valence-corrected chi connectivity index (χ2v) is 15.4. The Morgan fingerprint density at radius 1 is 0.379 bits per heavy atom. The van der Waals surface area contributed by atoms with Gasteiger partial charge in [0.15, 0.2) is 5.58 Å². The lowest BCUT2D eigenvalue weighted by atomic mass is 10.0. The average Bonchev–Trinajstić information content (AvgIpc) is 3.91. The summed E-state index contributed by atoms with van der Waals surface area (Å²) in [5, 5.41) is 4.58. The van der Waals surface area contributed by atoms with Crippen LogP contribution in [0.2, 0.25) is 0 Å². The highest BCUT2D eigenvalue weighted by atomic mass is 32.1. The minimum Gasteiger partial charge on any atom is -0.436 e. The molecule has 0 aliphatic carbocycles. The number of rotatable bonds is 8. The molecule has 9 aromatic carbocycles. The molecule has 0 unspecified atom stereocenters. The van der Waals surface area contributed by atoms with Crippen molar-refractivity contribution in [3.8, 4) is 22.6 Å². The molecule has 0 amide bonds. The lowest BCUT2D eigenvalue weighted by Crippen LogP contribution is -2.14. The van der Waals surface area contributed by atoms with Gasteiger partial charge in [0.1, 0.15) is 5.52 Å². The first-order chi connectivity index (χ1) is 28.8. The van der Waals surface area contributed by atoms with Gasteiger partial charge in [-0.25, -0.2) is 4.98 Å². The second kappa shape index (κ2) is 14.2. The molecule has 58 heavy (non-hydrogen) atoms. The Balaban J connectivity index is 1.21. The van der Waals surface area contributed by atoms with E-state index >= 15 is 0 Å². The van der Waals surface area contributed by atoms with E-state index in [1.165, 1.54) is 31.3 Å². The fourth-order valence-electron chi connectivity index (χ4n) is 8.16. The van der Waals surface area contributed by atoms with Gasteiger partial charge in [-0.3, -0.25) is 0 Å². The third-order valence-electron chi connectivity index (χ3n) is 10.9. The van der Waals surface area contributed by atoms with Crippen LogP contribution in [0.5, 0.6) is 0 Å². The van der Waals surface area contributed by atoms with Crippen LogP contribution < -0.4 is 9.80 Å². The molecule has 0 aliphatic heterocycles. The van der Waals surface area contributed by atoms with E-state index in [4.69, 9.17) is 9.40 Å². The minimum absolute atomic E-state index is 0.599. The third-order valence-corrected chi connectivity index (χ3v) is 12.1. The summed E-state index contributed by atoms with van der Waals surface area (Å²) in [6, 6.07) is 75.1. The van der Waals surface area contributed by atoms with Crippen molar-refractivity contribution >= 4 is 87.5 Å². The van der Waals surface area contributed by atoms with Gasteiger partial charge in [0.05, 0.1) is 16.1 Å². The van der Waals surface area contributed by atoms with Gasteiger partial charge in [-0.15, -0.1) is 11.3 Å². The number of anilines is 6. The van der Waals surface area contributed by atoms with Crippen molar-refractivity contribution in [2.45, 2.75) is 0 Å². The summed E-state index contributed by atoms with van der Waals surface area (Å²) < 4.78 is 9.01. The zero-order chi connectivity index (χ0) is 38.4. The molecule has 0 saturated carbocycles. The topological polar surface area (TPSA) is 32.5 Å². The maximum absolute atomic E-state index is 6.51. The number of fused-ring (bicyclic) bond motifs is 6. The van der Waals surface area contributed by atoms with E-state index in [2.05, 4.69) is 192 Å². The first-order valence-corrected chi connectivity index (χ1v) is 20.3. The first kappa shape index (κ1) is 33.8. The summed E-state index contributed by atoms with van der Waals surface area (Å²) in [6.45, 7) is 0. The summed E-state index contributed by atoms with van der Waals surface area (Å²) >= 11 is 1.84. The van der Waals surface area contributed by atoms with Gasteiger partial charge in [0, 0.05) is 54.6 Å². The summed E-state index contributed by atoms with van der Waals surface area (Å²) in [5.74, 6) is 0.599. The number of para-hydroxylation sites is 2. The highest BCUT2D eigenvalue weighted by Crippen LogP contribution is 2.49. The molecule has 11 aromatic rings.